The van der Waals surface area contributed by atoms with Crippen molar-refractivity contribution in [1.29, 1.82) is 0 Å². The summed E-state index contributed by atoms with van der Waals surface area (Å²) in [5.74, 6) is -0.129. The van der Waals surface area contributed by atoms with Gasteiger partial charge in [-0.05, 0) is 32.0 Å². The second-order valence-electron chi connectivity index (χ2n) is 6.31. The highest BCUT2D eigenvalue weighted by Gasteiger charge is 2.32. The summed E-state index contributed by atoms with van der Waals surface area (Å²) in [4.78, 5) is 30.8. The standard InChI is InChI=1S/C17H23N3O2/c1-13-11-14-5-3-4-6-15(14)20(13)17(22)12-16(21)19-9-7-18(2)8-10-19/h3-6,13H,7-12H2,1-2H3. The van der Waals surface area contributed by atoms with Gasteiger partial charge < -0.3 is 14.7 Å². The maximum atomic E-state index is 12.6. The molecule has 22 heavy (non-hydrogen) atoms. The van der Waals surface area contributed by atoms with Gasteiger partial charge in [-0.3, -0.25) is 9.59 Å². The molecule has 3 rings (SSSR count). The lowest BCUT2D eigenvalue weighted by Crippen LogP contribution is -2.48. The summed E-state index contributed by atoms with van der Waals surface area (Å²) < 4.78 is 0. The van der Waals surface area contributed by atoms with Crippen LogP contribution in [0.25, 0.3) is 0 Å². The summed E-state index contributed by atoms with van der Waals surface area (Å²) in [5.41, 5.74) is 2.15. The molecule has 1 aromatic rings. The molecule has 2 aliphatic heterocycles. The fourth-order valence-electron chi connectivity index (χ4n) is 3.33. The van der Waals surface area contributed by atoms with Crippen molar-refractivity contribution >= 4 is 17.5 Å². The second kappa shape index (κ2) is 6.08. The monoisotopic (exact) mass is 301 g/mol. The molecule has 0 saturated carbocycles. The lowest BCUT2D eigenvalue weighted by atomic mass is 10.1. The van der Waals surface area contributed by atoms with E-state index in [1.54, 1.807) is 4.90 Å². The van der Waals surface area contributed by atoms with E-state index >= 15 is 0 Å². The predicted octanol–water partition coefficient (Wildman–Crippen LogP) is 1.13. The Kier molecular flexibility index (Phi) is 4.16. The summed E-state index contributed by atoms with van der Waals surface area (Å²) in [5, 5.41) is 0. The minimum absolute atomic E-state index is 0.0254. The molecule has 1 atom stereocenters. The Morgan fingerprint density at radius 3 is 2.50 bits per heavy atom. The van der Waals surface area contributed by atoms with Crippen LogP contribution >= 0.6 is 0 Å². The zero-order chi connectivity index (χ0) is 15.7. The molecule has 1 saturated heterocycles. The largest absolute Gasteiger partial charge is 0.340 e. The van der Waals surface area contributed by atoms with Crippen LogP contribution in [0, 0.1) is 0 Å². The Morgan fingerprint density at radius 1 is 1.09 bits per heavy atom. The number of hydrogen-bond acceptors (Lipinski definition) is 3. The zero-order valence-electron chi connectivity index (χ0n) is 13.3. The zero-order valence-corrected chi connectivity index (χ0v) is 13.3. The number of piperazine rings is 1. The van der Waals surface area contributed by atoms with Crippen molar-refractivity contribution in [2.45, 2.75) is 25.8 Å². The maximum Gasteiger partial charge on any atom is 0.236 e. The van der Waals surface area contributed by atoms with Crippen molar-refractivity contribution in [2.24, 2.45) is 0 Å². The topological polar surface area (TPSA) is 43.9 Å². The number of hydrogen-bond donors (Lipinski definition) is 0. The van der Waals surface area contributed by atoms with E-state index in [0.717, 1.165) is 38.3 Å². The van der Waals surface area contributed by atoms with Crippen LogP contribution in [0.15, 0.2) is 24.3 Å². The van der Waals surface area contributed by atoms with E-state index < -0.39 is 0 Å². The molecular formula is C17H23N3O2. The SMILES string of the molecule is CC1Cc2ccccc2N1C(=O)CC(=O)N1CCN(C)CC1. The van der Waals surface area contributed by atoms with Gasteiger partial charge in [-0.25, -0.2) is 0 Å². The molecule has 0 aromatic heterocycles. The van der Waals surface area contributed by atoms with Crippen LogP contribution in [0.2, 0.25) is 0 Å². The number of para-hydroxylation sites is 1. The van der Waals surface area contributed by atoms with Crippen LogP contribution in [0.5, 0.6) is 0 Å². The van der Waals surface area contributed by atoms with Gasteiger partial charge in [0.15, 0.2) is 0 Å². The van der Waals surface area contributed by atoms with Gasteiger partial charge in [0.05, 0.1) is 0 Å². The second-order valence-corrected chi connectivity index (χ2v) is 6.31. The lowest BCUT2D eigenvalue weighted by Gasteiger charge is -2.33. The van der Waals surface area contributed by atoms with Gasteiger partial charge >= 0.3 is 0 Å². The summed E-state index contributed by atoms with van der Waals surface area (Å²) in [7, 11) is 2.05. The molecule has 5 heteroatoms. The first-order valence-electron chi connectivity index (χ1n) is 7.92. The van der Waals surface area contributed by atoms with Crippen molar-refractivity contribution in [1.82, 2.24) is 9.80 Å². The maximum absolute atomic E-state index is 12.6. The van der Waals surface area contributed by atoms with Crippen molar-refractivity contribution in [3.8, 4) is 0 Å². The van der Waals surface area contributed by atoms with Crippen molar-refractivity contribution < 1.29 is 9.59 Å². The summed E-state index contributed by atoms with van der Waals surface area (Å²) >= 11 is 0. The molecule has 0 aliphatic carbocycles. The van der Waals surface area contributed by atoms with Crippen LogP contribution in [-0.2, 0) is 16.0 Å². The molecule has 1 aromatic carbocycles. The molecule has 0 radical (unpaired) electrons. The molecule has 0 bridgehead atoms. The average molecular weight is 301 g/mol. The van der Waals surface area contributed by atoms with Gasteiger partial charge in [0, 0.05) is 37.9 Å². The Bertz CT molecular complexity index is 579. The Balaban J connectivity index is 1.66. The number of benzene rings is 1. The number of amides is 2. The van der Waals surface area contributed by atoms with Crippen molar-refractivity contribution in [2.75, 3.05) is 38.1 Å². The lowest BCUT2D eigenvalue weighted by molar-refractivity contribution is -0.136. The Morgan fingerprint density at radius 2 is 1.77 bits per heavy atom. The van der Waals surface area contributed by atoms with Crippen LogP contribution in [0.1, 0.15) is 18.9 Å². The minimum atomic E-state index is -0.0821. The fraction of sp³-hybridized carbons (Fsp3) is 0.529. The third kappa shape index (κ3) is 2.86. The van der Waals surface area contributed by atoms with Gasteiger partial charge in [0.1, 0.15) is 6.42 Å². The molecule has 1 fully saturated rings. The first kappa shape index (κ1) is 15.0. The average Bonchev–Trinajstić information content (AvgIpc) is 2.83. The Hall–Kier alpha value is -1.88. The number of carbonyl (C=O) groups is 2. The summed E-state index contributed by atoms with van der Waals surface area (Å²) in [6.45, 7) is 5.23. The minimum Gasteiger partial charge on any atom is -0.340 e. The smallest absolute Gasteiger partial charge is 0.236 e. The highest BCUT2D eigenvalue weighted by molar-refractivity contribution is 6.06. The van der Waals surface area contributed by atoms with Crippen LogP contribution in [-0.4, -0.2) is 60.9 Å². The highest BCUT2D eigenvalue weighted by Crippen LogP contribution is 2.32. The number of fused-ring (bicyclic) bond motifs is 1. The quantitative estimate of drug-likeness (QED) is 0.769. The van der Waals surface area contributed by atoms with Gasteiger partial charge in [0.2, 0.25) is 11.8 Å². The van der Waals surface area contributed by atoms with Gasteiger partial charge in [-0.15, -0.1) is 0 Å². The first-order valence-corrected chi connectivity index (χ1v) is 7.92. The molecule has 2 amide bonds. The van der Waals surface area contributed by atoms with Crippen LogP contribution in [0.3, 0.4) is 0 Å². The van der Waals surface area contributed by atoms with E-state index in [1.165, 1.54) is 5.56 Å². The van der Waals surface area contributed by atoms with E-state index in [1.807, 2.05) is 30.0 Å². The van der Waals surface area contributed by atoms with Crippen molar-refractivity contribution in [3.05, 3.63) is 29.8 Å². The molecule has 1 unspecified atom stereocenters. The Labute approximate surface area is 131 Å². The molecule has 2 aliphatic rings. The molecule has 5 nitrogen and oxygen atoms in total. The molecule has 118 valence electrons. The van der Waals surface area contributed by atoms with Gasteiger partial charge in [-0.1, -0.05) is 18.2 Å². The van der Waals surface area contributed by atoms with E-state index in [4.69, 9.17) is 0 Å². The van der Waals surface area contributed by atoms with E-state index in [0.29, 0.717) is 0 Å². The summed E-state index contributed by atoms with van der Waals surface area (Å²) in [6.07, 6.45) is 0.840. The number of anilines is 1. The van der Waals surface area contributed by atoms with Crippen LogP contribution in [0.4, 0.5) is 5.69 Å². The highest BCUT2D eigenvalue weighted by atomic mass is 16.2. The molecule has 0 N–H and O–H groups in total. The van der Waals surface area contributed by atoms with Gasteiger partial charge in [-0.2, -0.15) is 0 Å². The van der Waals surface area contributed by atoms with Gasteiger partial charge in [0.25, 0.3) is 0 Å². The predicted molar refractivity (Wildman–Crippen MR) is 85.8 cm³/mol. The van der Waals surface area contributed by atoms with E-state index in [9.17, 15) is 9.59 Å². The molecule has 0 spiro atoms. The van der Waals surface area contributed by atoms with E-state index in [-0.39, 0.29) is 24.3 Å². The molecular weight excluding hydrogens is 278 g/mol. The van der Waals surface area contributed by atoms with E-state index in [2.05, 4.69) is 18.0 Å². The number of nitrogens with zero attached hydrogens (tertiary/aromatic N) is 3. The number of likely N-dealkylation sites (N-methyl/N-ethyl adjacent to an activating group) is 1. The molecule has 2 heterocycles. The third-order valence-corrected chi connectivity index (χ3v) is 4.63. The summed E-state index contributed by atoms with van der Waals surface area (Å²) in [6, 6.07) is 8.09. The third-order valence-electron chi connectivity index (χ3n) is 4.63. The first-order chi connectivity index (χ1) is 10.6. The van der Waals surface area contributed by atoms with Crippen molar-refractivity contribution in [3.63, 3.8) is 0 Å². The normalized spacial score (nSPS) is 21.8. The number of rotatable bonds is 2. The number of carbonyl (C=O) groups excluding carboxylic acids is 2. The van der Waals surface area contributed by atoms with Crippen LogP contribution < -0.4 is 4.90 Å². The fourth-order valence-corrected chi connectivity index (χ4v) is 3.33.